The van der Waals surface area contributed by atoms with Gasteiger partial charge in [0.1, 0.15) is 17.7 Å². The molecule has 232 valence electrons. The highest BCUT2D eigenvalue weighted by atomic mass is 16.6. The molecule has 1 saturated heterocycles. The van der Waals surface area contributed by atoms with E-state index in [1.165, 1.54) is 12.2 Å². The first kappa shape index (κ1) is 34.3. The van der Waals surface area contributed by atoms with E-state index in [9.17, 15) is 24.0 Å². The highest BCUT2D eigenvalue weighted by Gasteiger charge is 2.31. The van der Waals surface area contributed by atoms with Crippen LogP contribution in [0.2, 0.25) is 0 Å². The summed E-state index contributed by atoms with van der Waals surface area (Å²) in [6.07, 6.45) is 3.39. The Morgan fingerprint density at radius 1 is 1.02 bits per heavy atom. The Bertz CT molecular complexity index is 1100. The third-order valence-corrected chi connectivity index (χ3v) is 6.41. The zero-order valence-electron chi connectivity index (χ0n) is 25.5. The fraction of sp³-hybridized carbons (Fsp3) is 0.581. The minimum atomic E-state index is -1.01. The first-order valence-corrected chi connectivity index (χ1v) is 14.5. The third kappa shape index (κ3) is 12.7. The van der Waals surface area contributed by atoms with Crippen LogP contribution in [0.15, 0.2) is 42.5 Å². The lowest BCUT2D eigenvalue weighted by molar-refractivity contribution is -0.137. The summed E-state index contributed by atoms with van der Waals surface area (Å²) in [5, 5.41) is 11.1. The molecule has 1 aliphatic heterocycles. The first-order chi connectivity index (χ1) is 19.8. The van der Waals surface area contributed by atoms with Crippen molar-refractivity contribution >= 4 is 29.8 Å². The molecular weight excluding hydrogens is 540 g/mol. The number of benzene rings is 1. The molecule has 0 aliphatic carbocycles. The highest BCUT2D eigenvalue weighted by molar-refractivity contribution is 5.92. The molecule has 11 nitrogen and oxygen atoms in total. The quantitative estimate of drug-likeness (QED) is 0.193. The normalized spacial score (nSPS) is 17.2. The van der Waals surface area contributed by atoms with Crippen LogP contribution in [-0.4, -0.2) is 66.7 Å². The molecule has 4 amide bonds. The van der Waals surface area contributed by atoms with Crippen LogP contribution < -0.4 is 21.3 Å². The average Bonchev–Trinajstić information content (AvgIpc) is 3.29. The number of rotatable bonds is 14. The molecule has 0 bridgehead atoms. The molecule has 0 aromatic heterocycles. The summed E-state index contributed by atoms with van der Waals surface area (Å²) in [7, 11) is 0. The van der Waals surface area contributed by atoms with Crippen molar-refractivity contribution in [3.63, 3.8) is 0 Å². The maximum Gasteiger partial charge on any atom is 0.408 e. The molecule has 1 fully saturated rings. The Morgan fingerprint density at radius 2 is 1.69 bits per heavy atom. The van der Waals surface area contributed by atoms with Gasteiger partial charge in [0, 0.05) is 31.0 Å². The predicted octanol–water partition coefficient (Wildman–Crippen LogP) is 2.78. The molecule has 0 saturated carbocycles. The van der Waals surface area contributed by atoms with Gasteiger partial charge >= 0.3 is 12.1 Å². The smallest absolute Gasteiger partial charge is 0.408 e. The number of esters is 1. The SMILES string of the molecule is CCOC(=O)/C=C/[C@H](C[C@@H]1CCNC1=O)NC(=O)[C@H](Cc1ccccc1)NC(=O)[C@H](CC(C)C)NC(=O)OC(C)(C)C. The molecule has 4 atom stereocenters. The second kappa shape index (κ2) is 16.5. The van der Waals surface area contributed by atoms with Crippen LogP contribution in [0, 0.1) is 11.8 Å². The summed E-state index contributed by atoms with van der Waals surface area (Å²) in [6, 6.07) is 6.60. The van der Waals surface area contributed by atoms with Gasteiger partial charge in [-0.2, -0.15) is 0 Å². The number of amides is 4. The van der Waals surface area contributed by atoms with E-state index in [-0.39, 0.29) is 37.2 Å². The Kier molecular flexibility index (Phi) is 13.5. The number of carbonyl (C=O) groups excluding carboxylic acids is 5. The Labute approximate surface area is 248 Å². The van der Waals surface area contributed by atoms with Crippen molar-refractivity contribution < 1.29 is 33.4 Å². The van der Waals surface area contributed by atoms with Crippen molar-refractivity contribution in [3.8, 4) is 0 Å². The largest absolute Gasteiger partial charge is 0.463 e. The van der Waals surface area contributed by atoms with Crippen LogP contribution in [0.5, 0.6) is 0 Å². The number of alkyl carbamates (subject to hydrolysis) is 1. The Hall–Kier alpha value is -3.89. The van der Waals surface area contributed by atoms with Gasteiger partial charge in [-0.3, -0.25) is 14.4 Å². The monoisotopic (exact) mass is 586 g/mol. The van der Waals surface area contributed by atoms with Gasteiger partial charge in [-0.05, 0) is 58.4 Å². The van der Waals surface area contributed by atoms with Crippen LogP contribution in [0.3, 0.4) is 0 Å². The summed E-state index contributed by atoms with van der Waals surface area (Å²) >= 11 is 0. The van der Waals surface area contributed by atoms with Gasteiger partial charge in [0.25, 0.3) is 0 Å². The molecule has 1 aromatic carbocycles. The summed E-state index contributed by atoms with van der Waals surface area (Å²) in [5.41, 5.74) is 0.0632. The van der Waals surface area contributed by atoms with Crippen molar-refractivity contribution in [2.24, 2.45) is 11.8 Å². The van der Waals surface area contributed by atoms with E-state index in [1.54, 1.807) is 27.7 Å². The number of hydrogen-bond donors (Lipinski definition) is 4. The molecule has 4 N–H and O–H groups in total. The minimum Gasteiger partial charge on any atom is -0.463 e. The van der Waals surface area contributed by atoms with Crippen LogP contribution in [0.4, 0.5) is 4.79 Å². The van der Waals surface area contributed by atoms with Crippen LogP contribution in [0.1, 0.15) is 66.4 Å². The standard InChI is InChI=1S/C31H46N4O7/c1-7-41-26(36)14-13-23(19-22-15-16-32-27(22)37)33-28(38)25(18-21-11-9-8-10-12-21)34-29(39)24(17-20(2)3)35-30(40)42-31(4,5)6/h8-14,20,22-25H,7,15-19H2,1-6H3,(H,32,37)(H,33,38)(H,34,39)(H,35,40)/b14-13+/t22-,23+,24-,25-/m0/s1. The van der Waals surface area contributed by atoms with Crippen molar-refractivity contribution in [3.05, 3.63) is 48.0 Å². The lowest BCUT2D eigenvalue weighted by atomic mass is 9.97. The predicted molar refractivity (Wildman–Crippen MR) is 158 cm³/mol. The molecule has 42 heavy (non-hydrogen) atoms. The minimum absolute atomic E-state index is 0.0621. The molecule has 1 aliphatic rings. The second-order valence-electron chi connectivity index (χ2n) is 11.8. The molecule has 1 heterocycles. The molecular formula is C31H46N4O7. The van der Waals surface area contributed by atoms with Crippen molar-refractivity contribution in [1.82, 2.24) is 21.3 Å². The number of hydrogen-bond acceptors (Lipinski definition) is 7. The first-order valence-electron chi connectivity index (χ1n) is 14.5. The fourth-order valence-electron chi connectivity index (χ4n) is 4.51. The molecule has 11 heteroatoms. The maximum absolute atomic E-state index is 13.7. The highest BCUT2D eigenvalue weighted by Crippen LogP contribution is 2.17. The molecule has 1 aromatic rings. The number of nitrogens with one attached hydrogen (secondary N) is 4. The molecule has 0 spiro atoms. The van der Waals surface area contributed by atoms with Gasteiger partial charge < -0.3 is 30.7 Å². The molecule has 2 rings (SSSR count). The van der Waals surface area contributed by atoms with Crippen molar-refractivity contribution in [2.45, 2.75) is 91.0 Å². The topological polar surface area (TPSA) is 152 Å². The van der Waals surface area contributed by atoms with E-state index in [0.29, 0.717) is 19.4 Å². The second-order valence-corrected chi connectivity index (χ2v) is 11.8. The summed E-state index contributed by atoms with van der Waals surface area (Å²) in [5.74, 6) is -1.97. The lowest BCUT2D eigenvalue weighted by Crippen LogP contribution is -2.56. The van der Waals surface area contributed by atoms with Gasteiger partial charge in [-0.15, -0.1) is 0 Å². The number of carbonyl (C=O) groups is 5. The summed E-state index contributed by atoms with van der Waals surface area (Å²) in [6.45, 7) is 11.5. The van der Waals surface area contributed by atoms with Crippen molar-refractivity contribution in [2.75, 3.05) is 13.2 Å². The Morgan fingerprint density at radius 3 is 2.26 bits per heavy atom. The van der Waals surface area contributed by atoms with Gasteiger partial charge in [0.2, 0.25) is 17.7 Å². The molecule has 0 unspecified atom stereocenters. The maximum atomic E-state index is 13.7. The van der Waals surface area contributed by atoms with Crippen LogP contribution in [0.25, 0.3) is 0 Å². The van der Waals surface area contributed by atoms with Gasteiger partial charge in [0.15, 0.2) is 0 Å². The van der Waals surface area contributed by atoms with E-state index in [2.05, 4.69) is 21.3 Å². The van der Waals surface area contributed by atoms with E-state index in [1.807, 2.05) is 44.2 Å². The zero-order valence-corrected chi connectivity index (χ0v) is 25.5. The van der Waals surface area contributed by atoms with Crippen molar-refractivity contribution in [1.29, 1.82) is 0 Å². The van der Waals surface area contributed by atoms with E-state index < -0.39 is 47.6 Å². The third-order valence-electron chi connectivity index (χ3n) is 6.41. The molecule has 0 radical (unpaired) electrons. The van der Waals surface area contributed by atoms with Crippen LogP contribution >= 0.6 is 0 Å². The summed E-state index contributed by atoms with van der Waals surface area (Å²) in [4.78, 5) is 63.9. The fourth-order valence-corrected chi connectivity index (χ4v) is 4.51. The Balaban J connectivity index is 2.28. The van der Waals surface area contributed by atoms with Gasteiger partial charge in [-0.25, -0.2) is 9.59 Å². The van der Waals surface area contributed by atoms with E-state index >= 15 is 0 Å². The summed E-state index contributed by atoms with van der Waals surface area (Å²) < 4.78 is 10.3. The van der Waals surface area contributed by atoms with Gasteiger partial charge in [0.05, 0.1) is 6.61 Å². The van der Waals surface area contributed by atoms with E-state index in [0.717, 1.165) is 5.56 Å². The number of ether oxygens (including phenoxy) is 2. The van der Waals surface area contributed by atoms with Crippen LogP contribution in [-0.2, 0) is 35.1 Å². The zero-order chi connectivity index (χ0) is 31.3. The average molecular weight is 587 g/mol. The van der Waals surface area contributed by atoms with E-state index in [4.69, 9.17) is 9.47 Å². The van der Waals surface area contributed by atoms with Gasteiger partial charge in [-0.1, -0.05) is 50.3 Å². The lowest BCUT2D eigenvalue weighted by Gasteiger charge is -2.27.